The highest BCUT2D eigenvalue weighted by molar-refractivity contribution is 6.31. The number of nitrogens with zero attached hydrogens (tertiary/aromatic N) is 2. The van der Waals surface area contributed by atoms with Gasteiger partial charge in [-0.05, 0) is 48.7 Å². The third kappa shape index (κ3) is 4.19. The van der Waals surface area contributed by atoms with Crippen LogP contribution in [0.25, 0.3) is 0 Å². The predicted molar refractivity (Wildman–Crippen MR) is 104 cm³/mol. The van der Waals surface area contributed by atoms with Gasteiger partial charge in [-0.25, -0.2) is 9.97 Å². The van der Waals surface area contributed by atoms with Crippen LogP contribution in [0.4, 0.5) is 23.0 Å². The Labute approximate surface area is 152 Å². The summed E-state index contributed by atoms with van der Waals surface area (Å²) in [6, 6.07) is 13.9. The van der Waals surface area contributed by atoms with Crippen LogP contribution in [0.5, 0.6) is 0 Å². The lowest BCUT2D eigenvalue weighted by atomic mass is 10.1. The third-order valence-corrected chi connectivity index (χ3v) is 4.14. The summed E-state index contributed by atoms with van der Waals surface area (Å²) in [5, 5.41) is 7.18. The number of benzene rings is 2. The van der Waals surface area contributed by atoms with Gasteiger partial charge in [0.05, 0.1) is 0 Å². The molecule has 5 nitrogen and oxygen atoms in total. The van der Waals surface area contributed by atoms with E-state index in [4.69, 9.17) is 17.3 Å². The van der Waals surface area contributed by atoms with E-state index in [1.807, 2.05) is 36.4 Å². The quantitative estimate of drug-likeness (QED) is 0.620. The van der Waals surface area contributed by atoms with Crippen LogP contribution in [0, 0.1) is 13.8 Å². The topological polar surface area (TPSA) is 75.9 Å². The molecule has 0 saturated carbocycles. The van der Waals surface area contributed by atoms with Crippen molar-refractivity contribution in [3.63, 3.8) is 0 Å². The first kappa shape index (κ1) is 17.0. The molecule has 0 aliphatic heterocycles. The van der Waals surface area contributed by atoms with Gasteiger partial charge in [-0.15, -0.1) is 0 Å². The van der Waals surface area contributed by atoms with Gasteiger partial charge in [0.25, 0.3) is 0 Å². The van der Waals surface area contributed by atoms with Crippen LogP contribution in [-0.2, 0) is 6.54 Å². The Balaban J connectivity index is 1.79. The van der Waals surface area contributed by atoms with Crippen molar-refractivity contribution in [3.8, 4) is 0 Å². The lowest BCUT2D eigenvalue weighted by Gasteiger charge is -2.13. The average Bonchev–Trinajstić information content (AvgIpc) is 2.56. The van der Waals surface area contributed by atoms with Crippen LogP contribution >= 0.6 is 11.6 Å². The summed E-state index contributed by atoms with van der Waals surface area (Å²) in [6.07, 6.45) is 1.48. The number of hydrogen-bond acceptors (Lipinski definition) is 5. The van der Waals surface area contributed by atoms with Gasteiger partial charge in [0.1, 0.15) is 12.0 Å². The van der Waals surface area contributed by atoms with E-state index in [1.54, 1.807) is 0 Å². The van der Waals surface area contributed by atoms with Crippen molar-refractivity contribution in [1.29, 1.82) is 0 Å². The molecule has 0 fully saturated rings. The Morgan fingerprint density at radius 3 is 2.40 bits per heavy atom. The molecule has 0 radical (unpaired) electrons. The molecule has 4 N–H and O–H groups in total. The number of rotatable bonds is 5. The average molecular weight is 354 g/mol. The van der Waals surface area contributed by atoms with Crippen molar-refractivity contribution in [1.82, 2.24) is 9.97 Å². The summed E-state index contributed by atoms with van der Waals surface area (Å²) in [7, 11) is 0. The van der Waals surface area contributed by atoms with Gasteiger partial charge in [-0.3, -0.25) is 0 Å². The van der Waals surface area contributed by atoms with Crippen LogP contribution < -0.4 is 16.4 Å². The molecule has 128 valence electrons. The first-order chi connectivity index (χ1) is 12.0. The maximum atomic E-state index is 6.23. The second kappa shape index (κ2) is 7.40. The normalized spacial score (nSPS) is 10.5. The van der Waals surface area contributed by atoms with Gasteiger partial charge in [0.2, 0.25) is 0 Å². The van der Waals surface area contributed by atoms with Gasteiger partial charge in [0.15, 0.2) is 11.6 Å². The minimum absolute atomic E-state index is 0.466. The molecule has 2 aromatic carbocycles. The number of anilines is 4. The number of hydrogen-bond donors (Lipinski definition) is 3. The van der Waals surface area contributed by atoms with Crippen molar-refractivity contribution >= 4 is 34.6 Å². The number of aromatic nitrogens is 2. The fourth-order valence-electron chi connectivity index (χ4n) is 2.64. The summed E-state index contributed by atoms with van der Waals surface area (Å²) in [4.78, 5) is 8.48. The molecule has 25 heavy (non-hydrogen) atoms. The highest BCUT2D eigenvalue weighted by Gasteiger charge is 2.09. The van der Waals surface area contributed by atoms with Gasteiger partial charge >= 0.3 is 0 Å². The van der Waals surface area contributed by atoms with Crippen molar-refractivity contribution in [2.45, 2.75) is 20.4 Å². The Bertz CT molecular complexity index is 874. The van der Waals surface area contributed by atoms with E-state index in [0.717, 1.165) is 11.3 Å². The van der Waals surface area contributed by atoms with E-state index in [9.17, 15) is 0 Å². The minimum atomic E-state index is 0.466. The molecule has 0 unspecified atom stereocenters. The van der Waals surface area contributed by atoms with Crippen LogP contribution in [0.2, 0.25) is 5.02 Å². The summed E-state index contributed by atoms with van der Waals surface area (Å²) >= 11 is 6.18. The summed E-state index contributed by atoms with van der Waals surface area (Å²) < 4.78 is 0. The zero-order valence-electron chi connectivity index (χ0n) is 14.2. The summed E-state index contributed by atoms with van der Waals surface area (Å²) in [5.74, 6) is 1.14. The number of nitrogens with one attached hydrogen (secondary N) is 2. The SMILES string of the molecule is Cc1cc(C)cc(Nc2ncnc(NCc3ccccc3Cl)c2N)c1. The van der Waals surface area contributed by atoms with E-state index in [0.29, 0.717) is 28.9 Å². The molecule has 0 atom stereocenters. The number of aryl methyl sites for hydroxylation is 2. The van der Waals surface area contributed by atoms with Crippen LogP contribution in [-0.4, -0.2) is 9.97 Å². The number of nitrogen functional groups attached to an aromatic ring is 1. The Morgan fingerprint density at radius 1 is 1.00 bits per heavy atom. The molecule has 0 saturated heterocycles. The maximum absolute atomic E-state index is 6.23. The monoisotopic (exact) mass is 353 g/mol. The second-order valence-corrected chi connectivity index (χ2v) is 6.34. The van der Waals surface area contributed by atoms with E-state index >= 15 is 0 Å². The smallest absolute Gasteiger partial charge is 0.159 e. The fourth-order valence-corrected chi connectivity index (χ4v) is 2.84. The highest BCUT2D eigenvalue weighted by Crippen LogP contribution is 2.27. The van der Waals surface area contributed by atoms with Crippen molar-refractivity contribution in [2.75, 3.05) is 16.4 Å². The minimum Gasteiger partial charge on any atom is -0.393 e. The zero-order chi connectivity index (χ0) is 17.8. The van der Waals surface area contributed by atoms with Crippen molar-refractivity contribution < 1.29 is 0 Å². The molecule has 6 heteroatoms. The van der Waals surface area contributed by atoms with E-state index in [1.165, 1.54) is 17.5 Å². The van der Waals surface area contributed by atoms with Gasteiger partial charge in [-0.2, -0.15) is 0 Å². The Kier molecular flexibility index (Phi) is 5.05. The van der Waals surface area contributed by atoms with Crippen molar-refractivity contribution in [3.05, 3.63) is 70.5 Å². The van der Waals surface area contributed by atoms with E-state index in [2.05, 4.69) is 40.5 Å². The molecular formula is C19H20ClN5. The molecule has 0 spiro atoms. The molecule has 0 amide bonds. The Hall–Kier alpha value is -2.79. The van der Waals surface area contributed by atoms with Crippen LogP contribution in [0.1, 0.15) is 16.7 Å². The second-order valence-electron chi connectivity index (χ2n) is 5.93. The van der Waals surface area contributed by atoms with E-state index in [-0.39, 0.29) is 0 Å². The van der Waals surface area contributed by atoms with Gasteiger partial charge < -0.3 is 16.4 Å². The molecule has 0 aliphatic rings. The fraction of sp³-hybridized carbons (Fsp3) is 0.158. The summed E-state index contributed by atoms with van der Waals surface area (Å²) in [6.45, 7) is 4.64. The van der Waals surface area contributed by atoms with Crippen LogP contribution in [0.3, 0.4) is 0 Å². The molecule has 1 aromatic heterocycles. The van der Waals surface area contributed by atoms with Crippen molar-refractivity contribution in [2.24, 2.45) is 0 Å². The number of halogens is 1. The largest absolute Gasteiger partial charge is 0.393 e. The first-order valence-corrected chi connectivity index (χ1v) is 8.34. The molecule has 0 aliphatic carbocycles. The molecular weight excluding hydrogens is 334 g/mol. The molecule has 0 bridgehead atoms. The van der Waals surface area contributed by atoms with Gasteiger partial charge in [-0.1, -0.05) is 35.9 Å². The Morgan fingerprint density at radius 2 is 1.68 bits per heavy atom. The zero-order valence-corrected chi connectivity index (χ0v) is 14.9. The van der Waals surface area contributed by atoms with Gasteiger partial charge in [0, 0.05) is 17.3 Å². The highest BCUT2D eigenvalue weighted by atomic mass is 35.5. The first-order valence-electron chi connectivity index (χ1n) is 7.96. The standard InChI is InChI=1S/C19H20ClN5/c1-12-7-13(2)9-15(8-12)25-19-17(21)18(23-11-24-19)22-10-14-5-3-4-6-16(14)20/h3-9,11H,10,21H2,1-2H3,(H2,22,23,24,25). The molecule has 3 rings (SSSR count). The maximum Gasteiger partial charge on any atom is 0.159 e. The summed E-state index contributed by atoms with van der Waals surface area (Å²) in [5.41, 5.74) is 11.0. The lowest BCUT2D eigenvalue weighted by Crippen LogP contribution is -2.08. The van der Waals surface area contributed by atoms with Crippen LogP contribution in [0.15, 0.2) is 48.8 Å². The third-order valence-electron chi connectivity index (χ3n) is 3.77. The molecule has 3 aromatic rings. The van der Waals surface area contributed by atoms with E-state index < -0.39 is 0 Å². The predicted octanol–water partition coefficient (Wildman–Crippen LogP) is 4.68. The lowest BCUT2D eigenvalue weighted by molar-refractivity contribution is 1.09. The molecule has 1 heterocycles. The number of nitrogens with two attached hydrogens (primary N) is 1.